The number of nitrogen functional groups attached to an aromatic ring is 1. The van der Waals surface area contributed by atoms with Gasteiger partial charge in [-0.15, -0.1) is 0 Å². The Kier molecular flexibility index (Phi) is 5.49. The van der Waals surface area contributed by atoms with E-state index in [0.717, 1.165) is 6.07 Å². The molecule has 3 N–H and O–H groups in total. The molecule has 1 aliphatic heterocycles. The van der Waals surface area contributed by atoms with Gasteiger partial charge in [0, 0.05) is 32.2 Å². The van der Waals surface area contributed by atoms with Gasteiger partial charge in [0.1, 0.15) is 17.4 Å². The number of ether oxygens (including phenoxy) is 1. The van der Waals surface area contributed by atoms with Crippen LogP contribution in [0.2, 0.25) is 0 Å². The molecule has 0 amide bonds. The fourth-order valence-corrected chi connectivity index (χ4v) is 4.37. The summed E-state index contributed by atoms with van der Waals surface area (Å²) < 4.78 is 33.1. The molecule has 1 aromatic heterocycles. The van der Waals surface area contributed by atoms with E-state index in [2.05, 4.69) is 14.9 Å². The first kappa shape index (κ1) is 19.3. The minimum absolute atomic E-state index is 0.0449. The largest absolute Gasteiger partial charge is 0.493 e. The lowest BCUT2D eigenvalue weighted by atomic mass is 10.2. The van der Waals surface area contributed by atoms with Crippen molar-refractivity contribution in [1.82, 2.24) is 19.2 Å². The van der Waals surface area contributed by atoms with E-state index in [0.29, 0.717) is 44.1 Å². The molecule has 0 spiro atoms. The van der Waals surface area contributed by atoms with Crippen LogP contribution in [-0.2, 0) is 10.0 Å². The molecule has 1 saturated heterocycles. The molecule has 0 atom stereocenters. The molecule has 0 saturated carbocycles. The highest BCUT2D eigenvalue weighted by Crippen LogP contribution is 2.31. The minimum Gasteiger partial charge on any atom is -0.493 e. The second-order valence-corrected chi connectivity index (χ2v) is 8.26. The molecule has 0 unspecified atom stereocenters. The van der Waals surface area contributed by atoms with E-state index in [4.69, 9.17) is 10.5 Å². The summed E-state index contributed by atoms with van der Waals surface area (Å²) in [4.78, 5) is 20.7. The predicted octanol–water partition coefficient (Wildman–Crippen LogP) is 0.354. The van der Waals surface area contributed by atoms with Gasteiger partial charge in [0.2, 0.25) is 10.0 Å². The maximum atomic E-state index is 13.0. The van der Waals surface area contributed by atoms with Crippen LogP contribution in [0.1, 0.15) is 6.92 Å². The summed E-state index contributed by atoms with van der Waals surface area (Å²) in [5.41, 5.74) is 5.62. The van der Waals surface area contributed by atoms with Crippen molar-refractivity contribution in [3.05, 3.63) is 34.6 Å². The van der Waals surface area contributed by atoms with Gasteiger partial charge >= 0.3 is 0 Å². The lowest BCUT2D eigenvalue weighted by molar-refractivity contribution is 0.222. The number of H-pyrrole nitrogens is 1. The van der Waals surface area contributed by atoms with E-state index >= 15 is 0 Å². The molecule has 0 aliphatic carbocycles. The van der Waals surface area contributed by atoms with Gasteiger partial charge < -0.3 is 20.4 Å². The number of hydrogen-bond donors (Lipinski definition) is 2. The van der Waals surface area contributed by atoms with Crippen molar-refractivity contribution in [3.8, 4) is 17.1 Å². The first-order chi connectivity index (χ1) is 12.8. The monoisotopic (exact) mass is 393 g/mol. The maximum Gasteiger partial charge on any atom is 0.253 e. The van der Waals surface area contributed by atoms with E-state index in [1.54, 1.807) is 6.07 Å². The van der Waals surface area contributed by atoms with Crippen LogP contribution in [0.4, 0.5) is 5.82 Å². The number of anilines is 1. The van der Waals surface area contributed by atoms with E-state index < -0.39 is 15.6 Å². The Hall–Kier alpha value is -2.43. The summed E-state index contributed by atoms with van der Waals surface area (Å²) in [7, 11) is -1.71. The standard InChI is InChI=1S/C17H23N5O4S/c1-3-26-14-5-4-12(27(24,25)22-8-6-21(2)7-9-22)10-13(14)17-19-15(18)11-16(23)20-17/h4-5,10-11H,3,6-9H2,1-2H3,(H3,18,19,20,23). The van der Waals surface area contributed by atoms with Gasteiger partial charge in [-0.3, -0.25) is 4.79 Å². The van der Waals surface area contributed by atoms with Gasteiger partial charge in [-0.2, -0.15) is 4.31 Å². The number of aromatic amines is 1. The molecule has 27 heavy (non-hydrogen) atoms. The number of nitrogens with zero attached hydrogens (tertiary/aromatic N) is 3. The molecular formula is C17H23N5O4S. The minimum atomic E-state index is -3.67. The average Bonchev–Trinajstić information content (AvgIpc) is 2.61. The van der Waals surface area contributed by atoms with Gasteiger partial charge in [-0.25, -0.2) is 13.4 Å². The molecule has 0 bridgehead atoms. The number of likely N-dealkylation sites (N-methyl/N-ethyl adjacent to an activating group) is 1. The van der Waals surface area contributed by atoms with Gasteiger partial charge in [0.25, 0.3) is 5.56 Å². The van der Waals surface area contributed by atoms with E-state index in [1.165, 1.54) is 16.4 Å². The molecule has 10 heteroatoms. The third-order valence-electron chi connectivity index (χ3n) is 4.37. The van der Waals surface area contributed by atoms with Gasteiger partial charge in [-0.1, -0.05) is 0 Å². The van der Waals surface area contributed by atoms with Crippen molar-refractivity contribution < 1.29 is 13.2 Å². The molecule has 3 rings (SSSR count). The van der Waals surface area contributed by atoms with Crippen LogP contribution in [0, 0.1) is 0 Å². The second-order valence-electron chi connectivity index (χ2n) is 6.32. The van der Waals surface area contributed by atoms with E-state index in [9.17, 15) is 13.2 Å². The number of aromatic nitrogens is 2. The van der Waals surface area contributed by atoms with Gasteiger partial charge in [0.05, 0.1) is 17.1 Å². The van der Waals surface area contributed by atoms with E-state index in [-0.39, 0.29) is 16.5 Å². The SMILES string of the molecule is CCOc1ccc(S(=O)(=O)N2CCN(C)CC2)cc1-c1nc(N)cc(=O)[nH]1. The molecule has 1 fully saturated rings. The Bertz CT molecular complexity index is 981. The Morgan fingerprint density at radius 1 is 1.22 bits per heavy atom. The molecular weight excluding hydrogens is 370 g/mol. The third-order valence-corrected chi connectivity index (χ3v) is 6.26. The summed E-state index contributed by atoms with van der Waals surface area (Å²) >= 11 is 0. The molecule has 9 nitrogen and oxygen atoms in total. The van der Waals surface area contributed by atoms with Crippen LogP contribution in [0.3, 0.4) is 0 Å². The van der Waals surface area contributed by atoms with Crippen LogP contribution < -0.4 is 16.0 Å². The summed E-state index contributed by atoms with van der Waals surface area (Å²) in [6.07, 6.45) is 0. The number of benzene rings is 1. The maximum absolute atomic E-state index is 13.0. The van der Waals surface area contributed by atoms with Crippen molar-refractivity contribution in [1.29, 1.82) is 0 Å². The van der Waals surface area contributed by atoms with Gasteiger partial charge in [0.15, 0.2) is 0 Å². The quantitative estimate of drug-likeness (QED) is 0.752. The summed E-state index contributed by atoms with van der Waals surface area (Å²) in [6, 6.07) is 5.71. The summed E-state index contributed by atoms with van der Waals surface area (Å²) in [5.74, 6) is 0.631. The molecule has 146 valence electrons. The highest BCUT2D eigenvalue weighted by molar-refractivity contribution is 7.89. The zero-order valence-electron chi connectivity index (χ0n) is 15.3. The van der Waals surface area contributed by atoms with E-state index in [1.807, 2.05) is 14.0 Å². The number of nitrogens with two attached hydrogens (primary N) is 1. The Morgan fingerprint density at radius 2 is 1.93 bits per heavy atom. The second kappa shape index (κ2) is 7.67. The van der Waals surface area contributed by atoms with Crippen LogP contribution in [0.5, 0.6) is 5.75 Å². The molecule has 2 aromatic rings. The number of rotatable bonds is 5. The fourth-order valence-electron chi connectivity index (χ4n) is 2.92. The van der Waals surface area contributed by atoms with Crippen LogP contribution in [0.25, 0.3) is 11.4 Å². The van der Waals surface area contributed by atoms with Crippen molar-refractivity contribution in [2.75, 3.05) is 45.6 Å². The van der Waals surface area contributed by atoms with Crippen LogP contribution in [0.15, 0.2) is 34.0 Å². The highest BCUT2D eigenvalue weighted by atomic mass is 32.2. The first-order valence-corrected chi connectivity index (χ1v) is 10.1. The number of hydrogen-bond acceptors (Lipinski definition) is 7. The van der Waals surface area contributed by atoms with Crippen molar-refractivity contribution in [3.63, 3.8) is 0 Å². The normalized spacial score (nSPS) is 16.4. The molecule has 2 heterocycles. The van der Waals surface area contributed by atoms with Crippen LogP contribution >= 0.6 is 0 Å². The first-order valence-electron chi connectivity index (χ1n) is 8.64. The fraction of sp³-hybridized carbons (Fsp3) is 0.412. The number of nitrogens with one attached hydrogen (secondary N) is 1. The van der Waals surface area contributed by atoms with Crippen LogP contribution in [-0.4, -0.2) is 67.4 Å². The summed E-state index contributed by atoms with van der Waals surface area (Å²) in [6.45, 7) is 4.39. The Labute approximate surface area is 157 Å². The highest BCUT2D eigenvalue weighted by Gasteiger charge is 2.28. The van der Waals surface area contributed by atoms with Gasteiger partial charge in [-0.05, 0) is 32.2 Å². The average molecular weight is 393 g/mol. The van der Waals surface area contributed by atoms with Crippen molar-refractivity contribution >= 4 is 15.8 Å². The summed E-state index contributed by atoms with van der Waals surface area (Å²) in [5, 5.41) is 0. The number of piperazine rings is 1. The molecule has 1 aliphatic rings. The predicted molar refractivity (Wildman–Crippen MR) is 102 cm³/mol. The van der Waals surface area contributed by atoms with Crippen molar-refractivity contribution in [2.24, 2.45) is 0 Å². The molecule has 1 aromatic carbocycles. The third kappa shape index (κ3) is 4.12. The lowest BCUT2D eigenvalue weighted by Crippen LogP contribution is -2.47. The zero-order valence-corrected chi connectivity index (χ0v) is 16.1. The molecule has 0 radical (unpaired) electrons. The Morgan fingerprint density at radius 3 is 2.56 bits per heavy atom. The Balaban J connectivity index is 2.07. The number of sulfonamides is 1. The zero-order chi connectivity index (χ0) is 19.6. The lowest BCUT2D eigenvalue weighted by Gasteiger charge is -2.31. The smallest absolute Gasteiger partial charge is 0.253 e. The topological polar surface area (TPSA) is 122 Å². The van der Waals surface area contributed by atoms with Crippen molar-refractivity contribution in [2.45, 2.75) is 11.8 Å².